The van der Waals surface area contributed by atoms with Crippen molar-refractivity contribution in [3.8, 4) is 28.5 Å². The molecule has 3 aliphatic rings. The van der Waals surface area contributed by atoms with Gasteiger partial charge in [0.15, 0.2) is 0 Å². The lowest BCUT2D eigenvalue weighted by molar-refractivity contribution is -0.124. The van der Waals surface area contributed by atoms with Gasteiger partial charge in [-0.2, -0.15) is 5.26 Å². The van der Waals surface area contributed by atoms with Gasteiger partial charge in [0, 0.05) is 65.4 Å². The van der Waals surface area contributed by atoms with Gasteiger partial charge in [0.25, 0.3) is 0 Å². The van der Waals surface area contributed by atoms with E-state index in [0.29, 0.717) is 11.7 Å². The molecule has 1 unspecified atom stereocenters. The number of carbonyl (C=O) groups is 1. The van der Waals surface area contributed by atoms with Crippen molar-refractivity contribution in [2.45, 2.75) is 49.3 Å². The molecule has 1 atom stereocenters. The van der Waals surface area contributed by atoms with E-state index in [0.717, 1.165) is 110 Å². The van der Waals surface area contributed by atoms with Crippen molar-refractivity contribution in [1.29, 1.82) is 5.26 Å². The lowest BCUT2D eigenvalue weighted by Crippen LogP contribution is -2.48. The van der Waals surface area contributed by atoms with E-state index in [4.69, 9.17) is 10.2 Å². The van der Waals surface area contributed by atoms with E-state index < -0.39 is 16.2 Å². The second-order valence-electron chi connectivity index (χ2n) is 12.9. The first-order chi connectivity index (χ1) is 21.9. The summed E-state index contributed by atoms with van der Waals surface area (Å²) in [5.74, 6) is 0.145. The van der Waals surface area contributed by atoms with Crippen molar-refractivity contribution < 1.29 is 9.00 Å². The minimum atomic E-state index is -0.743. The number of aromatic amines is 1. The highest BCUT2D eigenvalue weighted by molar-refractivity contribution is 7.84. The number of rotatable bonds is 7. The van der Waals surface area contributed by atoms with Gasteiger partial charge < -0.3 is 14.8 Å². The summed E-state index contributed by atoms with van der Waals surface area (Å²) in [4.78, 5) is 29.2. The molecular formula is C36H40N6O2S. The summed E-state index contributed by atoms with van der Waals surface area (Å²) >= 11 is 0. The first kappa shape index (κ1) is 29.8. The van der Waals surface area contributed by atoms with Crippen LogP contribution in [-0.2, 0) is 27.6 Å². The molecule has 1 N–H and O–H groups in total. The molecule has 2 fully saturated rings. The number of anilines is 1. The van der Waals surface area contributed by atoms with E-state index in [1.54, 1.807) is 0 Å². The number of nitriles is 1. The van der Waals surface area contributed by atoms with Crippen molar-refractivity contribution in [1.82, 2.24) is 19.8 Å². The number of hydrogen-bond acceptors (Lipinski definition) is 6. The third-order valence-electron chi connectivity index (χ3n) is 10.3. The largest absolute Gasteiger partial charge is 0.339 e. The molecule has 1 spiro atoms. The first-order valence-electron chi connectivity index (χ1n) is 16.0. The monoisotopic (exact) mass is 620 g/mol. The van der Waals surface area contributed by atoms with E-state index in [1.807, 2.05) is 30.5 Å². The van der Waals surface area contributed by atoms with E-state index >= 15 is 0 Å². The van der Waals surface area contributed by atoms with Gasteiger partial charge in [-0.1, -0.05) is 54.6 Å². The summed E-state index contributed by atoms with van der Waals surface area (Å²) in [7, 11) is 1.14. The fraction of sp³-hybridized carbons (Fsp3) is 0.417. The molecule has 5 heterocycles. The zero-order valence-corrected chi connectivity index (χ0v) is 26.9. The van der Waals surface area contributed by atoms with Gasteiger partial charge in [-0.05, 0) is 68.6 Å². The Morgan fingerprint density at radius 3 is 2.38 bits per heavy atom. The number of likely N-dealkylation sites (N-methyl/N-ethyl adjacent to an activating group) is 1. The Bertz CT molecular complexity index is 1780. The van der Waals surface area contributed by atoms with Crippen LogP contribution in [0.15, 0.2) is 60.8 Å². The van der Waals surface area contributed by atoms with E-state index in [-0.39, 0.29) is 5.91 Å². The molecule has 9 heteroatoms. The highest BCUT2D eigenvalue weighted by Crippen LogP contribution is 2.53. The van der Waals surface area contributed by atoms with Crippen molar-refractivity contribution in [2.24, 2.45) is 0 Å². The molecule has 0 radical (unpaired) electrons. The molecule has 45 heavy (non-hydrogen) atoms. The number of nitrogens with one attached hydrogen (secondary N) is 1. The molecule has 2 saturated heterocycles. The summed E-state index contributed by atoms with van der Waals surface area (Å²) in [6.07, 6.45) is 7.63. The summed E-state index contributed by atoms with van der Waals surface area (Å²) in [6, 6.07) is 21.5. The first-order valence-corrected chi connectivity index (χ1v) is 17.6. The zero-order valence-electron chi connectivity index (χ0n) is 26.1. The predicted molar refractivity (Wildman–Crippen MR) is 180 cm³/mol. The second-order valence-corrected chi connectivity index (χ2v) is 14.5. The molecular weight excluding hydrogens is 581 g/mol. The molecule has 1 amide bonds. The standard InChI is InChI=1S/C36H40N6O2S/c1-40-29-23-38-34-31(32(29)36(35(40)43)15-21-41(22-16-36)18-6-17-37)30(26-7-4-3-5-8-26)33(39-34)27-11-9-25(10-12-27)24-42-19-13-28(14-20-42)45(2)44/h3-5,7-12,23,28H,6,13-16,18-22,24H2,1-2H3,(H,38,39). The van der Waals surface area contributed by atoms with Crippen LogP contribution in [0.3, 0.4) is 0 Å². The topological polar surface area (TPSA) is 96.3 Å². The molecule has 0 bridgehead atoms. The third kappa shape index (κ3) is 5.29. The quantitative estimate of drug-likeness (QED) is 0.295. The van der Waals surface area contributed by atoms with Gasteiger partial charge in [-0.25, -0.2) is 4.98 Å². The van der Waals surface area contributed by atoms with Crippen LogP contribution in [0, 0.1) is 11.3 Å². The molecule has 2 aromatic carbocycles. The second kappa shape index (κ2) is 12.2. The van der Waals surface area contributed by atoms with E-state index in [9.17, 15) is 9.00 Å². The van der Waals surface area contributed by atoms with Crippen molar-refractivity contribution in [3.63, 3.8) is 0 Å². The summed E-state index contributed by atoms with van der Waals surface area (Å²) in [5, 5.41) is 10.5. The van der Waals surface area contributed by atoms with Crippen LogP contribution in [0.2, 0.25) is 0 Å². The number of likely N-dealkylation sites (tertiary alicyclic amines) is 2. The summed E-state index contributed by atoms with van der Waals surface area (Å²) in [5.41, 5.74) is 7.73. The predicted octanol–water partition coefficient (Wildman–Crippen LogP) is 5.46. The Morgan fingerprint density at radius 2 is 1.71 bits per heavy atom. The number of amides is 1. The van der Waals surface area contributed by atoms with Crippen LogP contribution in [0.4, 0.5) is 5.69 Å². The fourth-order valence-electron chi connectivity index (χ4n) is 7.80. The van der Waals surface area contributed by atoms with Gasteiger partial charge >= 0.3 is 0 Å². The lowest BCUT2D eigenvalue weighted by atomic mass is 9.72. The number of pyridine rings is 1. The van der Waals surface area contributed by atoms with Crippen molar-refractivity contribution in [2.75, 3.05) is 50.9 Å². The lowest BCUT2D eigenvalue weighted by Gasteiger charge is -2.38. The summed E-state index contributed by atoms with van der Waals surface area (Å²) in [6.45, 7) is 5.17. The molecule has 8 nitrogen and oxygen atoms in total. The molecule has 232 valence electrons. The number of aromatic nitrogens is 2. The average Bonchev–Trinajstić information content (AvgIpc) is 3.55. The van der Waals surface area contributed by atoms with E-state index in [1.165, 1.54) is 5.56 Å². The maximum absolute atomic E-state index is 14.1. The van der Waals surface area contributed by atoms with Crippen LogP contribution in [0.1, 0.15) is 43.2 Å². The zero-order chi connectivity index (χ0) is 31.1. The maximum Gasteiger partial charge on any atom is 0.237 e. The van der Waals surface area contributed by atoms with Gasteiger partial charge in [-0.3, -0.25) is 13.9 Å². The molecule has 3 aliphatic heterocycles. The van der Waals surface area contributed by atoms with Gasteiger partial charge in [-0.15, -0.1) is 0 Å². The van der Waals surface area contributed by atoms with Gasteiger partial charge in [0.2, 0.25) is 5.91 Å². The summed E-state index contributed by atoms with van der Waals surface area (Å²) < 4.78 is 11.9. The van der Waals surface area contributed by atoms with Crippen molar-refractivity contribution in [3.05, 3.63) is 71.9 Å². The van der Waals surface area contributed by atoms with Crippen LogP contribution < -0.4 is 4.90 Å². The molecule has 0 saturated carbocycles. The van der Waals surface area contributed by atoms with Crippen LogP contribution in [0.5, 0.6) is 0 Å². The van der Waals surface area contributed by atoms with Gasteiger partial charge in [0.1, 0.15) is 5.65 Å². The Morgan fingerprint density at radius 1 is 1.00 bits per heavy atom. The maximum atomic E-state index is 14.1. The van der Waals surface area contributed by atoms with Crippen molar-refractivity contribution >= 4 is 33.4 Å². The van der Waals surface area contributed by atoms with Gasteiger partial charge in [0.05, 0.1) is 29.1 Å². The Balaban J connectivity index is 1.28. The number of carbonyl (C=O) groups excluding carboxylic acids is 1. The number of benzene rings is 2. The van der Waals surface area contributed by atoms with E-state index in [2.05, 4.69) is 69.4 Å². The number of H-pyrrole nitrogens is 1. The normalized spacial score (nSPS) is 19.7. The minimum absolute atomic E-state index is 0.145. The number of piperidine rings is 2. The Labute approximate surface area is 267 Å². The molecule has 7 rings (SSSR count). The fourth-order valence-corrected chi connectivity index (χ4v) is 8.67. The molecule has 2 aromatic heterocycles. The van der Waals surface area contributed by atoms with Crippen LogP contribution in [-0.4, -0.2) is 81.2 Å². The Hall–Kier alpha value is -3.84. The number of nitrogens with zero attached hydrogens (tertiary/aromatic N) is 5. The number of hydrogen-bond donors (Lipinski definition) is 1. The highest BCUT2D eigenvalue weighted by Gasteiger charge is 2.52. The Kier molecular flexibility index (Phi) is 8.07. The average molecular weight is 621 g/mol. The molecule has 0 aliphatic carbocycles. The van der Waals surface area contributed by atoms with Crippen LogP contribution in [0.25, 0.3) is 33.4 Å². The SMILES string of the molecule is CN1C(=O)C2(CCN(CCC#N)CC2)c2c1cnc1[nH]c(-c3ccc(CN4CCC(S(C)=O)CC4)cc3)c(-c3ccccc3)c21. The minimum Gasteiger partial charge on any atom is -0.339 e. The number of fused-ring (bicyclic) bond motifs is 4. The van der Waals surface area contributed by atoms with Crippen LogP contribution >= 0.6 is 0 Å². The third-order valence-corrected chi connectivity index (χ3v) is 11.7. The smallest absolute Gasteiger partial charge is 0.237 e. The highest BCUT2D eigenvalue weighted by atomic mass is 32.2. The molecule has 4 aromatic rings.